The van der Waals surface area contributed by atoms with Gasteiger partial charge in [0.25, 0.3) is 0 Å². The van der Waals surface area contributed by atoms with E-state index >= 15 is 0 Å². The maximum Gasteiger partial charge on any atom is 0.414 e. The third kappa shape index (κ3) is 4.42. The molecule has 2 aliphatic heterocycles. The molecule has 1 aromatic heterocycles. The quantitative estimate of drug-likeness (QED) is 0.694. The lowest BCUT2D eigenvalue weighted by molar-refractivity contribution is -0.119. The SMILES string of the molecule is CC(=O)NCC1CN(c2ccc(N3CCC(=C(C#N)c4ncc[nH]4)CC3)c(F)c2)C(=O)O1. The van der Waals surface area contributed by atoms with Crippen molar-refractivity contribution in [3.8, 4) is 6.07 Å². The van der Waals surface area contributed by atoms with Gasteiger partial charge in [0.2, 0.25) is 5.91 Å². The highest BCUT2D eigenvalue weighted by Crippen LogP contribution is 2.32. The average molecular weight is 438 g/mol. The molecule has 166 valence electrons. The molecule has 10 heteroatoms. The van der Waals surface area contributed by atoms with Crippen LogP contribution in [0.3, 0.4) is 0 Å². The summed E-state index contributed by atoms with van der Waals surface area (Å²) in [5, 5.41) is 12.1. The van der Waals surface area contributed by atoms with Crippen LogP contribution in [0.5, 0.6) is 0 Å². The van der Waals surface area contributed by atoms with Crippen LogP contribution in [0.1, 0.15) is 25.6 Å². The summed E-state index contributed by atoms with van der Waals surface area (Å²) in [7, 11) is 0. The van der Waals surface area contributed by atoms with Gasteiger partial charge in [-0.15, -0.1) is 0 Å². The summed E-state index contributed by atoms with van der Waals surface area (Å²) in [4.78, 5) is 33.6. The maximum atomic E-state index is 15.0. The Balaban J connectivity index is 1.43. The van der Waals surface area contributed by atoms with Crippen LogP contribution in [0.4, 0.5) is 20.6 Å². The van der Waals surface area contributed by atoms with E-state index < -0.39 is 18.0 Å². The fourth-order valence-corrected chi connectivity index (χ4v) is 3.99. The Morgan fingerprint density at radius 2 is 2.19 bits per heavy atom. The second kappa shape index (κ2) is 9.09. The number of imidazole rings is 1. The van der Waals surface area contributed by atoms with E-state index in [2.05, 4.69) is 21.4 Å². The number of rotatable bonds is 5. The van der Waals surface area contributed by atoms with Gasteiger partial charge in [-0.25, -0.2) is 14.2 Å². The molecule has 1 unspecified atom stereocenters. The third-order valence-corrected chi connectivity index (χ3v) is 5.60. The Morgan fingerprint density at radius 1 is 1.41 bits per heavy atom. The fourth-order valence-electron chi connectivity index (χ4n) is 3.99. The molecule has 4 rings (SSSR count). The van der Waals surface area contributed by atoms with E-state index in [1.165, 1.54) is 17.9 Å². The first kappa shape index (κ1) is 21.4. The molecule has 2 aliphatic rings. The van der Waals surface area contributed by atoms with Crippen molar-refractivity contribution in [2.75, 3.05) is 36.0 Å². The summed E-state index contributed by atoms with van der Waals surface area (Å²) < 4.78 is 20.2. The zero-order valence-corrected chi connectivity index (χ0v) is 17.6. The molecule has 0 saturated carbocycles. The fraction of sp³-hybridized carbons (Fsp3) is 0.364. The molecule has 3 heterocycles. The minimum absolute atomic E-state index is 0.208. The van der Waals surface area contributed by atoms with E-state index in [0.29, 0.717) is 48.7 Å². The van der Waals surface area contributed by atoms with Crippen molar-refractivity contribution in [2.24, 2.45) is 0 Å². The number of cyclic esters (lactones) is 1. The van der Waals surface area contributed by atoms with Crippen LogP contribution in [0.2, 0.25) is 0 Å². The Hall–Kier alpha value is -3.87. The van der Waals surface area contributed by atoms with E-state index in [-0.39, 0.29) is 19.0 Å². The molecule has 2 aromatic rings. The number of hydrogen-bond acceptors (Lipinski definition) is 6. The number of aromatic amines is 1. The number of aromatic nitrogens is 2. The predicted octanol–water partition coefficient (Wildman–Crippen LogP) is 2.59. The minimum Gasteiger partial charge on any atom is -0.442 e. The van der Waals surface area contributed by atoms with Crippen LogP contribution in [0.15, 0.2) is 36.2 Å². The number of halogens is 1. The van der Waals surface area contributed by atoms with Gasteiger partial charge in [-0.2, -0.15) is 5.26 Å². The summed E-state index contributed by atoms with van der Waals surface area (Å²) >= 11 is 0. The van der Waals surface area contributed by atoms with Crippen molar-refractivity contribution >= 4 is 28.9 Å². The van der Waals surface area contributed by atoms with Gasteiger partial charge in [0, 0.05) is 32.4 Å². The van der Waals surface area contributed by atoms with Crippen molar-refractivity contribution in [1.29, 1.82) is 5.26 Å². The van der Waals surface area contributed by atoms with Crippen molar-refractivity contribution in [3.63, 3.8) is 0 Å². The number of amides is 2. The Morgan fingerprint density at radius 3 is 2.81 bits per heavy atom. The van der Waals surface area contributed by atoms with Gasteiger partial charge in [0.15, 0.2) is 0 Å². The molecule has 0 bridgehead atoms. The van der Waals surface area contributed by atoms with Gasteiger partial charge in [0.1, 0.15) is 23.8 Å². The lowest BCUT2D eigenvalue weighted by atomic mass is 9.97. The second-order valence-electron chi connectivity index (χ2n) is 7.70. The first-order valence-corrected chi connectivity index (χ1v) is 10.3. The number of piperidine rings is 1. The zero-order chi connectivity index (χ0) is 22.7. The number of benzene rings is 1. The number of carbonyl (C=O) groups excluding carboxylic acids is 2. The van der Waals surface area contributed by atoms with Gasteiger partial charge in [-0.1, -0.05) is 0 Å². The minimum atomic E-state index is -0.567. The number of nitrogens with zero attached hydrogens (tertiary/aromatic N) is 4. The molecule has 2 fully saturated rings. The second-order valence-corrected chi connectivity index (χ2v) is 7.70. The maximum absolute atomic E-state index is 15.0. The van der Waals surface area contributed by atoms with E-state index in [9.17, 15) is 19.2 Å². The van der Waals surface area contributed by atoms with E-state index in [0.717, 1.165) is 5.57 Å². The molecule has 1 atom stereocenters. The average Bonchev–Trinajstić information content (AvgIpc) is 3.43. The summed E-state index contributed by atoms with van der Waals surface area (Å²) in [5.41, 5.74) is 2.41. The van der Waals surface area contributed by atoms with Gasteiger partial charge < -0.3 is 19.9 Å². The smallest absolute Gasteiger partial charge is 0.414 e. The number of H-pyrrole nitrogens is 1. The summed E-state index contributed by atoms with van der Waals surface area (Å²) in [6.45, 7) is 2.98. The molecule has 0 radical (unpaired) electrons. The van der Waals surface area contributed by atoms with Crippen LogP contribution in [0, 0.1) is 17.1 Å². The number of anilines is 2. The molecule has 0 aliphatic carbocycles. The Kier molecular flexibility index (Phi) is 6.07. The molecule has 0 spiro atoms. The lowest BCUT2D eigenvalue weighted by Crippen LogP contribution is -2.33. The third-order valence-electron chi connectivity index (χ3n) is 5.60. The molecule has 32 heavy (non-hydrogen) atoms. The van der Waals surface area contributed by atoms with Crippen molar-refractivity contribution < 1.29 is 18.7 Å². The summed E-state index contributed by atoms with van der Waals surface area (Å²) in [6, 6.07) is 6.90. The lowest BCUT2D eigenvalue weighted by Gasteiger charge is -2.31. The molecule has 2 N–H and O–H groups in total. The number of carbonyl (C=O) groups is 2. The molecule has 2 amide bonds. The summed E-state index contributed by atoms with van der Waals surface area (Å²) in [5.74, 6) is -0.0825. The number of hydrogen-bond donors (Lipinski definition) is 2. The normalized spacial score (nSPS) is 18.3. The van der Waals surface area contributed by atoms with Gasteiger partial charge in [-0.3, -0.25) is 9.69 Å². The standard InChI is InChI=1S/C22H23FN6O3/c1-14(30)27-12-17-13-29(22(31)32-17)16-2-3-20(19(23)10-16)28-8-4-15(5-9-28)18(11-24)21-25-6-7-26-21/h2-3,6-7,10,17H,4-5,8-9,12-13H2,1H3,(H,25,26)(H,27,30). The van der Waals surface area contributed by atoms with Crippen LogP contribution >= 0.6 is 0 Å². The van der Waals surface area contributed by atoms with E-state index in [1.54, 1.807) is 24.5 Å². The first-order chi connectivity index (χ1) is 15.5. The Bertz CT molecular complexity index is 1080. The molecule has 1 aromatic carbocycles. The van der Waals surface area contributed by atoms with Crippen molar-refractivity contribution in [1.82, 2.24) is 15.3 Å². The molecule has 9 nitrogen and oxygen atoms in total. The molecular weight excluding hydrogens is 415 g/mol. The number of nitriles is 1. The van der Waals surface area contributed by atoms with Gasteiger partial charge in [-0.05, 0) is 36.6 Å². The molecule has 2 saturated heterocycles. The van der Waals surface area contributed by atoms with Gasteiger partial charge in [0.05, 0.1) is 30.0 Å². The molecular formula is C22H23FN6O3. The van der Waals surface area contributed by atoms with Crippen molar-refractivity contribution in [3.05, 3.63) is 47.8 Å². The summed E-state index contributed by atoms with van der Waals surface area (Å²) in [6.07, 6.45) is 3.50. The predicted molar refractivity (Wildman–Crippen MR) is 115 cm³/mol. The highest BCUT2D eigenvalue weighted by Gasteiger charge is 2.33. The zero-order valence-electron chi connectivity index (χ0n) is 17.6. The largest absolute Gasteiger partial charge is 0.442 e. The van der Waals surface area contributed by atoms with E-state index in [1.807, 2.05) is 4.90 Å². The van der Waals surface area contributed by atoms with Crippen LogP contribution < -0.4 is 15.1 Å². The van der Waals surface area contributed by atoms with Crippen LogP contribution in [-0.4, -0.2) is 54.3 Å². The monoisotopic (exact) mass is 438 g/mol. The number of ether oxygens (including phenoxy) is 1. The Labute approximate surface area is 184 Å². The topological polar surface area (TPSA) is 114 Å². The highest BCUT2D eigenvalue weighted by molar-refractivity contribution is 5.90. The number of nitrogens with one attached hydrogen (secondary N) is 2. The van der Waals surface area contributed by atoms with Crippen molar-refractivity contribution in [2.45, 2.75) is 25.9 Å². The van der Waals surface area contributed by atoms with Crippen LogP contribution in [0.25, 0.3) is 5.57 Å². The number of allylic oxidation sites excluding steroid dienone is 1. The first-order valence-electron chi connectivity index (χ1n) is 10.3. The highest BCUT2D eigenvalue weighted by atomic mass is 19.1. The van der Waals surface area contributed by atoms with E-state index in [4.69, 9.17) is 4.74 Å². The van der Waals surface area contributed by atoms with Gasteiger partial charge >= 0.3 is 6.09 Å². The van der Waals surface area contributed by atoms with Crippen LogP contribution in [-0.2, 0) is 9.53 Å².